The summed E-state index contributed by atoms with van der Waals surface area (Å²) in [6.07, 6.45) is 1.65. The highest BCUT2D eigenvalue weighted by Crippen LogP contribution is 2.52. The van der Waals surface area contributed by atoms with Gasteiger partial charge in [-0.15, -0.1) is 21.5 Å². The van der Waals surface area contributed by atoms with Gasteiger partial charge >= 0.3 is 0 Å². The Morgan fingerprint density at radius 2 is 1.69 bits per heavy atom. The minimum Gasteiger partial charge on any atom is -0.325 e. The Morgan fingerprint density at radius 3 is 2.34 bits per heavy atom. The van der Waals surface area contributed by atoms with Gasteiger partial charge in [-0.05, 0) is 48.6 Å². The number of thiophene rings is 1. The Balaban J connectivity index is 1.48. The zero-order valence-electron chi connectivity index (χ0n) is 15.5. The molecule has 5 rings (SSSR count). The van der Waals surface area contributed by atoms with Crippen LogP contribution in [0.25, 0.3) is 16.4 Å². The van der Waals surface area contributed by atoms with E-state index in [0.29, 0.717) is 0 Å². The molecule has 0 radical (unpaired) electrons. The number of hydrogen-bond acceptors (Lipinski definition) is 5. The van der Waals surface area contributed by atoms with Gasteiger partial charge in [0.15, 0.2) is 11.0 Å². The Bertz CT molecular complexity index is 1120. The van der Waals surface area contributed by atoms with Crippen LogP contribution in [0.2, 0.25) is 0 Å². The number of carbonyl (C=O) groups excluding carboxylic acids is 1. The topological polar surface area (TPSA) is 59.8 Å². The average molecular weight is 419 g/mol. The van der Waals surface area contributed by atoms with Gasteiger partial charge < -0.3 is 5.32 Å². The summed E-state index contributed by atoms with van der Waals surface area (Å²) < 4.78 is 1.55. The quantitative estimate of drug-likeness (QED) is 0.464. The minimum atomic E-state index is -0.498. The van der Waals surface area contributed by atoms with Crippen LogP contribution in [0.5, 0.6) is 0 Å². The average Bonchev–Trinajstić information content (AvgIpc) is 3.14. The molecule has 4 aromatic rings. The fraction of sp³-hybridized carbons (Fsp3) is 0.136. The van der Waals surface area contributed by atoms with Crippen LogP contribution in [0.15, 0.2) is 83.3 Å². The van der Waals surface area contributed by atoms with Gasteiger partial charge in [-0.25, -0.2) is 0 Å². The van der Waals surface area contributed by atoms with Crippen molar-refractivity contribution in [3.63, 3.8) is 0 Å². The summed E-state index contributed by atoms with van der Waals surface area (Å²) in [6.45, 7) is 0. The van der Waals surface area contributed by atoms with Gasteiger partial charge in [-0.2, -0.15) is 0 Å². The lowest BCUT2D eigenvalue weighted by atomic mass is 10.3. The van der Waals surface area contributed by atoms with Crippen molar-refractivity contribution in [1.29, 1.82) is 0 Å². The van der Waals surface area contributed by atoms with Crippen molar-refractivity contribution < 1.29 is 4.79 Å². The predicted octanol–water partition coefficient (Wildman–Crippen LogP) is 5.26. The molecule has 0 atom stereocenters. The zero-order valence-corrected chi connectivity index (χ0v) is 17.1. The van der Waals surface area contributed by atoms with Gasteiger partial charge in [-0.3, -0.25) is 9.36 Å². The standard InChI is InChI=1S/C22H18N4OS2/c27-20(23-16-8-3-1-4-9-16)22(13-14-22)29-21-25-24-19(18-12-7-15-28-18)26(21)17-10-5-2-6-11-17/h1-12,15H,13-14H2,(H,23,27). The van der Waals surface area contributed by atoms with Crippen molar-refractivity contribution in [2.75, 3.05) is 5.32 Å². The van der Waals surface area contributed by atoms with Gasteiger partial charge in [0.1, 0.15) is 4.75 Å². The van der Waals surface area contributed by atoms with Crippen LogP contribution < -0.4 is 5.32 Å². The van der Waals surface area contributed by atoms with E-state index in [0.717, 1.165) is 40.1 Å². The first-order valence-electron chi connectivity index (χ1n) is 9.35. The first-order valence-corrected chi connectivity index (χ1v) is 11.1. The Kier molecular flexibility index (Phi) is 4.69. The largest absolute Gasteiger partial charge is 0.325 e. The molecule has 2 aromatic carbocycles. The number of thioether (sulfide) groups is 1. The van der Waals surface area contributed by atoms with Gasteiger partial charge in [0.05, 0.1) is 4.88 Å². The van der Waals surface area contributed by atoms with Crippen LogP contribution in [0.4, 0.5) is 5.69 Å². The summed E-state index contributed by atoms with van der Waals surface area (Å²) in [6, 6.07) is 23.7. The van der Waals surface area contributed by atoms with E-state index < -0.39 is 4.75 Å². The third-order valence-corrected chi connectivity index (χ3v) is 7.12. The maximum absolute atomic E-state index is 13.0. The molecule has 7 heteroatoms. The normalized spacial score (nSPS) is 14.5. The lowest BCUT2D eigenvalue weighted by molar-refractivity contribution is -0.116. The second kappa shape index (κ2) is 7.50. The molecule has 0 spiro atoms. The highest BCUT2D eigenvalue weighted by atomic mass is 32.2. The molecule has 144 valence electrons. The van der Waals surface area contributed by atoms with Crippen LogP contribution in [-0.4, -0.2) is 25.4 Å². The molecule has 2 aromatic heterocycles. The van der Waals surface area contributed by atoms with E-state index in [2.05, 4.69) is 15.5 Å². The number of aromatic nitrogens is 3. The molecular formula is C22H18N4OS2. The lowest BCUT2D eigenvalue weighted by Crippen LogP contribution is -2.27. The van der Waals surface area contributed by atoms with Crippen LogP contribution in [0.3, 0.4) is 0 Å². The number of hydrogen-bond donors (Lipinski definition) is 1. The number of nitrogens with one attached hydrogen (secondary N) is 1. The zero-order chi connectivity index (χ0) is 19.7. The number of para-hydroxylation sites is 2. The van der Waals surface area contributed by atoms with E-state index in [1.807, 2.05) is 82.7 Å². The summed E-state index contributed by atoms with van der Waals surface area (Å²) in [4.78, 5) is 14.0. The number of nitrogens with zero attached hydrogens (tertiary/aromatic N) is 3. The van der Waals surface area contributed by atoms with E-state index in [-0.39, 0.29) is 5.91 Å². The second-order valence-electron chi connectivity index (χ2n) is 6.87. The third-order valence-electron chi connectivity index (χ3n) is 4.83. The van der Waals surface area contributed by atoms with Gasteiger partial charge in [0.2, 0.25) is 5.91 Å². The van der Waals surface area contributed by atoms with Crippen molar-refractivity contribution in [3.8, 4) is 16.4 Å². The smallest absolute Gasteiger partial charge is 0.241 e. The van der Waals surface area contributed by atoms with Crippen molar-refractivity contribution in [2.24, 2.45) is 0 Å². The summed E-state index contributed by atoms with van der Waals surface area (Å²) in [5, 5.41) is 14.7. The first-order chi connectivity index (χ1) is 14.3. The van der Waals surface area contributed by atoms with E-state index in [4.69, 9.17) is 0 Å². The molecule has 1 aliphatic rings. The predicted molar refractivity (Wildman–Crippen MR) is 118 cm³/mol. The summed E-state index contributed by atoms with van der Waals surface area (Å²) in [5.41, 5.74) is 1.80. The van der Waals surface area contributed by atoms with E-state index in [1.165, 1.54) is 11.8 Å². The molecule has 1 amide bonds. The Hall–Kier alpha value is -2.90. The fourth-order valence-corrected chi connectivity index (χ4v) is 5.00. The molecule has 1 saturated carbocycles. The SMILES string of the molecule is O=C(Nc1ccccc1)C1(Sc2nnc(-c3cccs3)n2-c2ccccc2)CC1. The Labute approximate surface area is 176 Å². The number of anilines is 1. The van der Waals surface area contributed by atoms with Crippen molar-refractivity contribution in [2.45, 2.75) is 22.7 Å². The fourth-order valence-electron chi connectivity index (χ4n) is 3.14. The van der Waals surface area contributed by atoms with Crippen molar-refractivity contribution in [3.05, 3.63) is 78.2 Å². The number of amides is 1. The summed E-state index contributed by atoms with van der Waals surface area (Å²) in [7, 11) is 0. The number of carbonyl (C=O) groups is 1. The Morgan fingerprint density at radius 1 is 0.966 bits per heavy atom. The van der Waals surface area contributed by atoms with Gasteiger partial charge in [0.25, 0.3) is 0 Å². The van der Waals surface area contributed by atoms with E-state index >= 15 is 0 Å². The molecule has 0 bridgehead atoms. The second-order valence-corrected chi connectivity index (χ2v) is 9.17. The van der Waals surface area contributed by atoms with Crippen LogP contribution in [0, 0.1) is 0 Å². The highest BCUT2D eigenvalue weighted by Gasteiger charge is 2.52. The van der Waals surface area contributed by atoms with Crippen molar-refractivity contribution >= 4 is 34.7 Å². The maximum atomic E-state index is 13.0. The molecule has 2 heterocycles. The summed E-state index contributed by atoms with van der Waals surface area (Å²) in [5.74, 6) is 0.821. The van der Waals surface area contributed by atoms with Gasteiger partial charge in [0, 0.05) is 11.4 Å². The summed E-state index contributed by atoms with van der Waals surface area (Å²) >= 11 is 3.13. The van der Waals surface area contributed by atoms with E-state index in [9.17, 15) is 4.79 Å². The molecule has 1 fully saturated rings. The van der Waals surface area contributed by atoms with Crippen LogP contribution >= 0.6 is 23.1 Å². The number of benzene rings is 2. The molecule has 1 aliphatic carbocycles. The van der Waals surface area contributed by atoms with E-state index in [1.54, 1.807) is 11.3 Å². The first kappa shape index (κ1) is 18.1. The molecule has 0 unspecified atom stereocenters. The van der Waals surface area contributed by atoms with Gasteiger partial charge in [-0.1, -0.05) is 54.2 Å². The molecule has 29 heavy (non-hydrogen) atoms. The molecule has 0 saturated heterocycles. The van der Waals surface area contributed by atoms with Crippen LogP contribution in [-0.2, 0) is 4.79 Å². The lowest BCUT2D eigenvalue weighted by Gasteiger charge is -2.16. The number of rotatable bonds is 6. The van der Waals surface area contributed by atoms with Crippen LogP contribution in [0.1, 0.15) is 12.8 Å². The molecule has 1 N–H and O–H groups in total. The monoisotopic (exact) mass is 418 g/mol. The van der Waals surface area contributed by atoms with Crippen molar-refractivity contribution in [1.82, 2.24) is 14.8 Å². The minimum absolute atomic E-state index is 0.0222. The molecule has 0 aliphatic heterocycles. The maximum Gasteiger partial charge on any atom is 0.241 e. The molecular weight excluding hydrogens is 400 g/mol. The highest BCUT2D eigenvalue weighted by molar-refractivity contribution is 8.01. The molecule has 5 nitrogen and oxygen atoms in total. The third kappa shape index (κ3) is 3.59.